The number of carboxylic acid groups (broad SMARTS) is 1. The average molecular weight is 458 g/mol. The van der Waals surface area contributed by atoms with Gasteiger partial charge in [-0.15, -0.1) is 0 Å². The van der Waals surface area contributed by atoms with Crippen molar-refractivity contribution in [2.45, 2.75) is 19.4 Å². The molecule has 0 aliphatic heterocycles. The van der Waals surface area contributed by atoms with Gasteiger partial charge in [0.05, 0.1) is 17.6 Å². The van der Waals surface area contributed by atoms with Crippen LogP contribution < -0.4 is 39.4 Å². The van der Waals surface area contributed by atoms with Crippen LogP contribution in [0.3, 0.4) is 0 Å². The van der Waals surface area contributed by atoms with Crippen molar-refractivity contribution in [1.82, 2.24) is 9.55 Å². The number of hydrogen-bond acceptors (Lipinski definition) is 4. The van der Waals surface area contributed by atoms with Crippen molar-refractivity contribution in [2.75, 3.05) is 6.61 Å². The quantitative estimate of drug-likeness (QED) is 0.263. The molecular formula is C28H23N2NaO3. The van der Waals surface area contributed by atoms with E-state index in [0.717, 1.165) is 45.5 Å². The van der Waals surface area contributed by atoms with E-state index in [4.69, 9.17) is 9.72 Å². The smallest absolute Gasteiger partial charge is 0.550 e. The van der Waals surface area contributed by atoms with Crippen LogP contribution in [0.2, 0.25) is 0 Å². The number of aromatic nitrogens is 2. The van der Waals surface area contributed by atoms with Crippen LogP contribution in [0.25, 0.3) is 33.2 Å². The molecule has 0 aliphatic carbocycles. The van der Waals surface area contributed by atoms with Gasteiger partial charge in [-0.2, -0.15) is 0 Å². The first-order valence-corrected chi connectivity index (χ1v) is 11.0. The SMILES string of the molecule is O=C([O-])CCCOc1ccc2cc(-c3nc4ccccc4n3Cc3ccccc3)ccc2c1.[Na+]. The van der Waals surface area contributed by atoms with Crippen LogP contribution in [0.1, 0.15) is 18.4 Å². The molecule has 1 heterocycles. The molecule has 1 aromatic heterocycles. The number of nitrogens with zero attached hydrogens (tertiary/aromatic N) is 2. The Morgan fingerprint density at radius 2 is 1.62 bits per heavy atom. The summed E-state index contributed by atoms with van der Waals surface area (Å²) < 4.78 is 7.96. The van der Waals surface area contributed by atoms with Crippen molar-refractivity contribution in [2.24, 2.45) is 0 Å². The minimum atomic E-state index is -1.05. The third kappa shape index (κ3) is 5.33. The minimum absolute atomic E-state index is 0. The van der Waals surface area contributed by atoms with Crippen LogP contribution in [0.4, 0.5) is 0 Å². The van der Waals surface area contributed by atoms with E-state index >= 15 is 0 Å². The minimum Gasteiger partial charge on any atom is -0.550 e. The van der Waals surface area contributed by atoms with Gasteiger partial charge in [0.1, 0.15) is 11.6 Å². The molecule has 0 saturated carbocycles. The Labute approximate surface area is 220 Å². The Morgan fingerprint density at radius 3 is 2.44 bits per heavy atom. The van der Waals surface area contributed by atoms with Crippen molar-refractivity contribution in [3.8, 4) is 17.1 Å². The van der Waals surface area contributed by atoms with Crippen LogP contribution in [0.5, 0.6) is 5.75 Å². The normalized spacial score (nSPS) is 10.8. The number of hydrogen-bond donors (Lipinski definition) is 0. The van der Waals surface area contributed by atoms with Crippen molar-refractivity contribution in [1.29, 1.82) is 0 Å². The molecular weight excluding hydrogens is 435 g/mol. The summed E-state index contributed by atoms with van der Waals surface area (Å²) in [6.07, 6.45) is 0.428. The summed E-state index contributed by atoms with van der Waals surface area (Å²) in [5.41, 5.74) is 4.36. The molecule has 0 amide bonds. The molecule has 4 aromatic carbocycles. The molecule has 5 nitrogen and oxygen atoms in total. The zero-order valence-electron chi connectivity index (χ0n) is 19.1. The Bertz CT molecular complexity index is 1430. The van der Waals surface area contributed by atoms with Crippen molar-refractivity contribution >= 4 is 27.8 Å². The molecule has 5 aromatic rings. The van der Waals surface area contributed by atoms with Gasteiger partial charge in [-0.25, -0.2) is 4.98 Å². The van der Waals surface area contributed by atoms with Gasteiger partial charge in [0.25, 0.3) is 0 Å². The van der Waals surface area contributed by atoms with Crippen LogP contribution in [-0.4, -0.2) is 22.1 Å². The summed E-state index contributed by atoms with van der Waals surface area (Å²) in [4.78, 5) is 15.5. The molecule has 0 aliphatic rings. The molecule has 0 fully saturated rings. The van der Waals surface area contributed by atoms with E-state index in [1.54, 1.807) is 0 Å². The van der Waals surface area contributed by atoms with E-state index in [0.29, 0.717) is 13.0 Å². The predicted octanol–water partition coefficient (Wildman–Crippen LogP) is 1.82. The average Bonchev–Trinajstić information content (AvgIpc) is 3.20. The molecule has 0 bridgehead atoms. The second-order valence-corrected chi connectivity index (χ2v) is 8.04. The third-order valence-electron chi connectivity index (χ3n) is 5.70. The van der Waals surface area contributed by atoms with Crippen LogP contribution in [0, 0.1) is 0 Å². The van der Waals surface area contributed by atoms with Crippen molar-refractivity contribution in [3.63, 3.8) is 0 Å². The fourth-order valence-electron chi connectivity index (χ4n) is 4.08. The number of rotatable bonds is 8. The second kappa shape index (κ2) is 10.9. The number of ether oxygens (including phenoxy) is 1. The molecule has 6 heteroatoms. The Balaban J connectivity index is 0.00000274. The number of fused-ring (bicyclic) bond motifs is 2. The maximum Gasteiger partial charge on any atom is 1.00 e. The van der Waals surface area contributed by atoms with Crippen LogP contribution in [-0.2, 0) is 11.3 Å². The number of aliphatic carboxylic acids is 1. The van der Waals surface area contributed by atoms with Gasteiger partial charge in [-0.1, -0.05) is 60.7 Å². The maximum absolute atomic E-state index is 10.5. The monoisotopic (exact) mass is 458 g/mol. The van der Waals surface area contributed by atoms with Crippen molar-refractivity contribution < 1.29 is 44.2 Å². The molecule has 0 N–H and O–H groups in total. The molecule has 0 atom stereocenters. The molecule has 0 spiro atoms. The zero-order chi connectivity index (χ0) is 22.6. The van der Waals surface area contributed by atoms with E-state index < -0.39 is 5.97 Å². The van der Waals surface area contributed by atoms with E-state index in [2.05, 4.69) is 53.1 Å². The Morgan fingerprint density at radius 1 is 0.882 bits per heavy atom. The topological polar surface area (TPSA) is 67.2 Å². The first-order valence-electron chi connectivity index (χ1n) is 11.0. The van der Waals surface area contributed by atoms with Gasteiger partial charge in [0, 0.05) is 18.1 Å². The van der Waals surface area contributed by atoms with E-state index in [1.165, 1.54) is 5.56 Å². The predicted molar refractivity (Wildman–Crippen MR) is 128 cm³/mol. The van der Waals surface area contributed by atoms with E-state index in [9.17, 15) is 9.90 Å². The molecule has 164 valence electrons. The van der Waals surface area contributed by atoms with Gasteiger partial charge in [-0.3, -0.25) is 0 Å². The zero-order valence-corrected chi connectivity index (χ0v) is 21.1. The van der Waals surface area contributed by atoms with Gasteiger partial charge in [0.2, 0.25) is 0 Å². The fraction of sp³-hybridized carbons (Fsp3) is 0.143. The largest absolute Gasteiger partial charge is 1.00 e. The van der Waals surface area contributed by atoms with Gasteiger partial charge < -0.3 is 19.2 Å². The van der Waals surface area contributed by atoms with E-state index in [1.807, 2.05) is 42.5 Å². The first-order chi connectivity index (χ1) is 16.2. The van der Waals surface area contributed by atoms with Gasteiger partial charge >= 0.3 is 29.6 Å². The maximum atomic E-state index is 10.5. The second-order valence-electron chi connectivity index (χ2n) is 8.04. The number of carbonyl (C=O) groups excluding carboxylic acids is 1. The summed E-state index contributed by atoms with van der Waals surface area (Å²) in [5.74, 6) is 0.609. The molecule has 0 radical (unpaired) electrons. The van der Waals surface area contributed by atoms with Crippen molar-refractivity contribution in [3.05, 3.63) is 96.6 Å². The number of para-hydroxylation sites is 2. The molecule has 0 unspecified atom stereocenters. The molecule has 5 rings (SSSR count). The van der Waals surface area contributed by atoms with Crippen LogP contribution >= 0.6 is 0 Å². The fourth-order valence-corrected chi connectivity index (χ4v) is 4.08. The van der Waals surface area contributed by atoms with Gasteiger partial charge in [-0.05, 0) is 59.5 Å². The summed E-state index contributed by atoms with van der Waals surface area (Å²) >= 11 is 0. The molecule has 34 heavy (non-hydrogen) atoms. The summed E-state index contributed by atoms with van der Waals surface area (Å²) in [6.45, 7) is 1.09. The van der Waals surface area contributed by atoms with Gasteiger partial charge in [0.15, 0.2) is 0 Å². The third-order valence-corrected chi connectivity index (χ3v) is 5.70. The van der Waals surface area contributed by atoms with E-state index in [-0.39, 0.29) is 36.0 Å². The number of benzene rings is 4. The Kier molecular flexibility index (Phi) is 7.68. The number of carbonyl (C=O) groups is 1. The standard InChI is InChI=1S/C28H24N2O3.Na/c31-27(32)11-6-16-33-24-15-14-21-17-23(13-12-22(21)18-24)28-29-25-9-4-5-10-26(25)30(28)19-20-7-2-1-3-8-20;/h1-5,7-10,12-15,17-18H,6,11,16,19H2,(H,31,32);/q;+1/p-1. The molecule has 0 saturated heterocycles. The number of carboxylic acids is 1. The summed E-state index contributed by atoms with van der Waals surface area (Å²) in [7, 11) is 0. The first kappa shape index (κ1) is 24.0. The summed E-state index contributed by atoms with van der Waals surface area (Å²) in [6, 6.07) is 30.9. The number of imidazole rings is 1. The van der Waals surface area contributed by atoms with Crippen LogP contribution in [0.15, 0.2) is 91.0 Å². The Hall–Kier alpha value is -3.12. The summed E-state index contributed by atoms with van der Waals surface area (Å²) in [5, 5.41) is 12.7.